The molecule has 0 unspecified atom stereocenters. The van der Waals surface area contributed by atoms with Crippen molar-refractivity contribution >= 4 is 16.7 Å². The van der Waals surface area contributed by atoms with Crippen LogP contribution in [0.3, 0.4) is 0 Å². The predicted molar refractivity (Wildman–Crippen MR) is 79.5 cm³/mol. The first-order valence-corrected chi connectivity index (χ1v) is 7.12. The summed E-state index contributed by atoms with van der Waals surface area (Å²) in [4.78, 5) is 15.9. The summed E-state index contributed by atoms with van der Waals surface area (Å²) in [6.07, 6.45) is 3.69. The molecule has 106 valence electrons. The van der Waals surface area contributed by atoms with Crippen LogP contribution in [0.5, 0.6) is 5.75 Å². The molecule has 1 aromatic carbocycles. The third-order valence-corrected chi connectivity index (χ3v) is 4.20. The van der Waals surface area contributed by atoms with Crippen LogP contribution in [0.25, 0.3) is 10.9 Å². The number of aromatic amines is 1. The van der Waals surface area contributed by atoms with Crippen molar-refractivity contribution in [3.63, 3.8) is 0 Å². The van der Waals surface area contributed by atoms with Crippen LogP contribution in [0.2, 0.25) is 0 Å². The van der Waals surface area contributed by atoms with Crippen molar-refractivity contribution in [2.24, 2.45) is 5.92 Å². The lowest BCUT2D eigenvalue weighted by Gasteiger charge is -2.21. The number of Topliss-reactive ketones (excluding diaryl/α,β-unsaturated/α-hetero) is 1. The number of fused-ring (bicyclic) bond motifs is 1. The van der Waals surface area contributed by atoms with Gasteiger partial charge in [-0.1, -0.05) is 6.07 Å². The SMILES string of the molecule is COc1ccc(C)c2c(C(=O)C3CCNCC3)c[nH]c12. The maximum absolute atomic E-state index is 12.7. The number of carbonyl (C=O) groups excluding carboxylic acids is 1. The second kappa shape index (κ2) is 5.29. The van der Waals surface area contributed by atoms with Crippen molar-refractivity contribution in [1.82, 2.24) is 10.3 Å². The van der Waals surface area contributed by atoms with Gasteiger partial charge in [-0.3, -0.25) is 4.79 Å². The van der Waals surface area contributed by atoms with Crippen LogP contribution in [-0.2, 0) is 0 Å². The Kier molecular flexibility index (Phi) is 3.49. The van der Waals surface area contributed by atoms with Crippen molar-refractivity contribution in [3.05, 3.63) is 29.5 Å². The predicted octanol–water partition coefficient (Wildman–Crippen LogP) is 2.67. The Morgan fingerprint density at radius 3 is 2.75 bits per heavy atom. The van der Waals surface area contributed by atoms with E-state index < -0.39 is 0 Å². The zero-order valence-corrected chi connectivity index (χ0v) is 12.0. The molecule has 1 aromatic heterocycles. The Morgan fingerprint density at radius 2 is 2.05 bits per heavy atom. The number of ether oxygens (including phenoxy) is 1. The molecule has 1 aliphatic heterocycles. The third kappa shape index (κ3) is 2.10. The lowest BCUT2D eigenvalue weighted by atomic mass is 9.89. The Hall–Kier alpha value is -1.81. The molecule has 0 saturated carbocycles. The lowest BCUT2D eigenvalue weighted by molar-refractivity contribution is 0.0897. The number of carbonyl (C=O) groups is 1. The van der Waals surface area contributed by atoms with Gasteiger partial charge in [0.05, 0.1) is 12.6 Å². The number of piperidine rings is 1. The second-order valence-corrected chi connectivity index (χ2v) is 5.43. The molecule has 0 amide bonds. The number of aromatic nitrogens is 1. The summed E-state index contributed by atoms with van der Waals surface area (Å²) >= 11 is 0. The molecule has 4 nitrogen and oxygen atoms in total. The molecule has 2 N–H and O–H groups in total. The van der Waals surface area contributed by atoms with Gasteiger partial charge >= 0.3 is 0 Å². The van der Waals surface area contributed by atoms with Crippen molar-refractivity contribution in [1.29, 1.82) is 0 Å². The zero-order chi connectivity index (χ0) is 14.1. The molecule has 1 saturated heterocycles. The van der Waals surface area contributed by atoms with Gasteiger partial charge in [0.15, 0.2) is 5.78 Å². The minimum absolute atomic E-state index is 0.140. The average Bonchev–Trinajstić information content (AvgIpc) is 2.94. The van der Waals surface area contributed by atoms with E-state index in [0.29, 0.717) is 0 Å². The van der Waals surface area contributed by atoms with E-state index in [4.69, 9.17) is 4.74 Å². The fraction of sp³-hybridized carbons (Fsp3) is 0.438. The highest BCUT2D eigenvalue weighted by atomic mass is 16.5. The molecule has 2 heterocycles. The quantitative estimate of drug-likeness (QED) is 0.845. The first-order chi connectivity index (χ1) is 9.72. The maximum Gasteiger partial charge on any atom is 0.168 e. The molecule has 20 heavy (non-hydrogen) atoms. The molecule has 0 bridgehead atoms. The summed E-state index contributed by atoms with van der Waals surface area (Å²) in [6.45, 7) is 3.90. The number of aryl methyl sites for hydroxylation is 1. The number of benzene rings is 1. The molecule has 0 spiro atoms. The highest BCUT2D eigenvalue weighted by molar-refractivity contribution is 6.11. The summed E-state index contributed by atoms with van der Waals surface area (Å²) < 4.78 is 5.37. The monoisotopic (exact) mass is 272 g/mol. The largest absolute Gasteiger partial charge is 0.495 e. The summed E-state index contributed by atoms with van der Waals surface area (Å²) in [5.41, 5.74) is 2.84. The standard InChI is InChI=1S/C16H20N2O2/c1-10-3-4-13(20-2)15-14(10)12(9-18-15)16(19)11-5-7-17-8-6-11/h3-4,9,11,17-18H,5-8H2,1-2H3. The Bertz CT molecular complexity index is 639. The third-order valence-electron chi connectivity index (χ3n) is 4.20. The van der Waals surface area contributed by atoms with Gasteiger partial charge in [-0.25, -0.2) is 0 Å². The fourth-order valence-corrected chi connectivity index (χ4v) is 3.06. The zero-order valence-electron chi connectivity index (χ0n) is 12.0. The molecular weight excluding hydrogens is 252 g/mol. The van der Waals surface area contributed by atoms with E-state index in [1.54, 1.807) is 7.11 Å². The summed E-state index contributed by atoms with van der Waals surface area (Å²) in [6, 6.07) is 3.95. The lowest BCUT2D eigenvalue weighted by Crippen LogP contribution is -2.31. The minimum atomic E-state index is 0.140. The van der Waals surface area contributed by atoms with Crippen LogP contribution >= 0.6 is 0 Å². The molecule has 4 heteroatoms. The molecule has 0 atom stereocenters. The van der Waals surface area contributed by atoms with Gasteiger partial charge < -0.3 is 15.0 Å². The first kappa shape index (κ1) is 13.2. The number of hydrogen-bond acceptors (Lipinski definition) is 3. The molecule has 0 aliphatic carbocycles. The number of ketones is 1. The molecule has 1 fully saturated rings. The van der Waals surface area contributed by atoms with Gasteiger partial charge in [0, 0.05) is 23.1 Å². The number of hydrogen-bond donors (Lipinski definition) is 2. The Balaban J connectivity index is 2.05. The number of nitrogens with one attached hydrogen (secondary N) is 2. The van der Waals surface area contributed by atoms with Gasteiger partial charge in [-0.15, -0.1) is 0 Å². The molecule has 1 aliphatic rings. The fourth-order valence-electron chi connectivity index (χ4n) is 3.06. The summed E-state index contributed by atoms with van der Waals surface area (Å²) in [7, 11) is 1.65. The van der Waals surface area contributed by atoms with Crippen LogP contribution < -0.4 is 10.1 Å². The number of methoxy groups -OCH3 is 1. The van der Waals surface area contributed by atoms with Gasteiger partial charge in [0.1, 0.15) is 5.75 Å². The van der Waals surface area contributed by atoms with Crippen LogP contribution in [-0.4, -0.2) is 31.0 Å². The smallest absolute Gasteiger partial charge is 0.168 e. The van der Waals surface area contributed by atoms with Crippen LogP contribution in [0.1, 0.15) is 28.8 Å². The molecule has 2 aromatic rings. The molecular formula is C16H20N2O2. The highest BCUT2D eigenvalue weighted by Crippen LogP contribution is 2.32. The van der Waals surface area contributed by atoms with Gasteiger partial charge in [-0.2, -0.15) is 0 Å². The van der Waals surface area contributed by atoms with E-state index in [1.807, 2.05) is 25.3 Å². The van der Waals surface area contributed by atoms with Crippen molar-refractivity contribution < 1.29 is 9.53 Å². The maximum atomic E-state index is 12.7. The van der Waals surface area contributed by atoms with E-state index in [0.717, 1.165) is 53.7 Å². The summed E-state index contributed by atoms with van der Waals surface area (Å²) in [5, 5.41) is 4.31. The van der Waals surface area contributed by atoms with E-state index >= 15 is 0 Å². The van der Waals surface area contributed by atoms with E-state index in [2.05, 4.69) is 10.3 Å². The van der Waals surface area contributed by atoms with Gasteiger partial charge in [0.2, 0.25) is 0 Å². The minimum Gasteiger partial charge on any atom is -0.495 e. The topological polar surface area (TPSA) is 54.1 Å². The normalized spacial score (nSPS) is 16.5. The van der Waals surface area contributed by atoms with Gasteiger partial charge in [-0.05, 0) is 44.5 Å². The highest BCUT2D eigenvalue weighted by Gasteiger charge is 2.25. The number of rotatable bonds is 3. The Labute approximate surface area is 118 Å². The Morgan fingerprint density at radius 1 is 1.30 bits per heavy atom. The van der Waals surface area contributed by atoms with E-state index in [-0.39, 0.29) is 11.7 Å². The molecule has 3 rings (SSSR count). The first-order valence-electron chi connectivity index (χ1n) is 7.12. The van der Waals surface area contributed by atoms with Crippen LogP contribution in [0.4, 0.5) is 0 Å². The average molecular weight is 272 g/mol. The number of H-pyrrole nitrogens is 1. The van der Waals surface area contributed by atoms with E-state index in [9.17, 15) is 4.79 Å². The van der Waals surface area contributed by atoms with Crippen molar-refractivity contribution in [2.45, 2.75) is 19.8 Å². The summed E-state index contributed by atoms with van der Waals surface area (Å²) in [5.74, 6) is 1.19. The molecule has 0 radical (unpaired) electrons. The van der Waals surface area contributed by atoms with Crippen LogP contribution in [0.15, 0.2) is 18.3 Å². The van der Waals surface area contributed by atoms with E-state index in [1.165, 1.54) is 0 Å². The van der Waals surface area contributed by atoms with Gasteiger partial charge in [0.25, 0.3) is 0 Å². The second-order valence-electron chi connectivity index (χ2n) is 5.43. The van der Waals surface area contributed by atoms with Crippen LogP contribution in [0, 0.1) is 12.8 Å². The van der Waals surface area contributed by atoms with Crippen molar-refractivity contribution in [3.8, 4) is 5.75 Å². The van der Waals surface area contributed by atoms with Crippen molar-refractivity contribution in [2.75, 3.05) is 20.2 Å².